The molecule has 160 valence electrons. The van der Waals surface area contributed by atoms with Gasteiger partial charge in [0.15, 0.2) is 0 Å². The molecule has 0 radical (unpaired) electrons. The molecule has 5 rings (SSSR count). The van der Waals surface area contributed by atoms with Gasteiger partial charge in [0.1, 0.15) is 11.4 Å². The molecule has 0 aliphatic carbocycles. The molecule has 0 atom stereocenters. The summed E-state index contributed by atoms with van der Waals surface area (Å²) < 4.78 is 5.28. The summed E-state index contributed by atoms with van der Waals surface area (Å²) in [6.07, 6.45) is 6.94. The molecule has 2 aromatic carbocycles. The van der Waals surface area contributed by atoms with Gasteiger partial charge < -0.3 is 9.72 Å². The maximum Gasteiger partial charge on any atom is 0.137 e. The number of allylic oxidation sites excluding steroid dienone is 1. The van der Waals surface area contributed by atoms with Gasteiger partial charge in [-0.05, 0) is 36.4 Å². The molecule has 0 saturated carbocycles. The van der Waals surface area contributed by atoms with Crippen molar-refractivity contribution in [3.05, 3.63) is 94.4 Å². The minimum absolute atomic E-state index is 0.469. The number of nitrogens with zero attached hydrogens (tertiary/aromatic N) is 3. The molecule has 0 spiro atoms. The van der Waals surface area contributed by atoms with Crippen LogP contribution in [0.2, 0.25) is 10.0 Å². The van der Waals surface area contributed by atoms with Crippen molar-refractivity contribution in [2.24, 2.45) is 0 Å². The second-order valence-electron chi connectivity index (χ2n) is 7.42. The van der Waals surface area contributed by atoms with E-state index in [1.54, 1.807) is 25.4 Å². The van der Waals surface area contributed by atoms with Crippen LogP contribution in [0.3, 0.4) is 0 Å². The Labute approximate surface area is 199 Å². The van der Waals surface area contributed by atoms with Crippen LogP contribution < -0.4 is 4.74 Å². The minimum Gasteiger partial charge on any atom is -0.497 e. The first kappa shape index (κ1) is 21.0. The molecule has 0 unspecified atom stereocenters. The van der Waals surface area contributed by atoms with Crippen molar-refractivity contribution in [1.29, 1.82) is 5.26 Å². The first-order chi connectivity index (χ1) is 16.1. The van der Waals surface area contributed by atoms with Gasteiger partial charge in [-0.2, -0.15) is 5.26 Å². The first-order valence-corrected chi connectivity index (χ1v) is 10.8. The number of fused-ring (bicyclic) bond motifs is 2. The fraction of sp³-hybridized carbons (Fsp3) is 0.0385. The van der Waals surface area contributed by atoms with Crippen LogP contribution in [-0.2, 0) is 0 Å². The fourth-order valence-electron chi connectivity index (χ4n) is 3.84. The maximum absolute atomic E-state index is 9.45. The van der Waals surface area contributed by atoms with Gasteiger partial charge in [0.25, 0.3) is 0 Å². The minimum atomic E-state index is 0.469. The Morgan fingerprint density at radius 3 is 2.61 bits per heavy atom. The summed E-state index contributed by atoms with van der Waals surface area (Å²) in [6, 6.07) is 17.3. The summed E-state index contributed by atoms with van der Waals surface area (Å²) in [7, 11) is 1.64. The van der Waals surface area contributed by atoms with Crippen LogP contribution >= 0.6 is 23.2 Å². The van der Waals surface area contributed by atoms with Crippen LogP contribution in [0.15, 0.2) is 73.2 Å². The molecule has 1 N–H and O–H groups in total. The van der Waals surface area contributed by atoms with Crippen LogP contribution in [0.1, 0.15) is 11.1 Å². The SMILES string of the molecule is COc1ccc2cc(-c3cnc4[nH]cc(/C(=C/C#N)c5ccc(Cl)cc5Cl)c4c3)cnc2c1. The monoisotopic (exact) mass is 470 g/mol. The lowest BCUT2D eigenvalue weighted by atomic mass is 9.96. The topological polar surface area (TPSA) is 74.6 Å². The predicted octanol–water partition coefficient (Wildman–Crippen LogP) is 7.05. The Morgan fingerprint density at radius 2 is 1.82 bits per heavy atom. The molecule has 3 heterocycles. The van der Waals surface area contributed by atoms with Crippen molar-refractivity contribution in [3.63, 3.8) is 0 Å². The molecule has 0 bridgehead atoms. The number of aromatic amines is 1. The summed E-state index contributed by atoms with van der Waals surface area (Å²) in [5, 5.41) is 12.3. The van der Waals surface area contributed by atoms with E-state index in [0.717, 1.165) is 44.3 Å². The second kappa shape index (κ2) is 8.59. The highest BCUT2D eigenvalue weighted by molar-refractivity contribution is 6.36. The molecule has 5 aromatic rings. The average molecular weight is 471 g/mol. The van der Waals surface area contributed by atoms with Crippen molar-refractivity contribution in [1.82, 2.24) is 15.0 Å². The summed E-state index contributed by atoms with van der Waals surface area (Å²) in [4.78, 5) is 12.4. The van der Waals surface area contributed by atoms with Gasteiger partial charge in [-0.15, -0.1) is 0 Å². The number of halogens is 2. The smallest absolute Gasteiger partial charge is 0.137 e. The van der Waals surface area contributed by atoms with E-state index in [1.807, 2.05) is 42.7 Å². The van der Waals surface area contributed by atoms with Crippen LogP contribution in [0, 0.1) is 11.3 Å². The van der Waals surface area contributed by atoms with Crippen molar-refractivity contribution in [2.75, 3.05) is 7.11 Å². The Bertz CT molecular complexity index is 1600. The van der Waals surface area contributed by atoms with Crippen molar-refractivity contribution in [2.45, 2.75) is 0 Å². The van der Waals surface area contributed by atoms with E-state index in [4.69, 9.17) is 27.9 Å². The van der Waals surface area contributed by atoms with E-state index in [-0.39, 0.29) is 0 Å². The van der Waals surface area contributed by atoms with Gasteiger partial charge in [0.05, 0.1) is 18.7 Å². The predicted molar refractivity (Wildman–Crippen MR) is 133 cm³/mol. The van der Waals surface area contributed by atoms with E-state index in [1.165, 1.54) is 6.08 Å². The second-order valence-corrected chi connectivity index (χ2v) is 8.26. The third kappa shape index (κ3) is 3.91. The van der Waals surface area contributed by atoms with Gasteiger partial charge in [-0.25, -0.2) is 4.98 Å². The molecular weight excluding hydrogens is 455 g/mol. The third-order valence-corrected chi connectivity index (χ3v) is 6.02. The normalized spacial score (nSPS) is 11.6. The van der Waals surface area contributed by atoms with E-state index >= 15 is 0 Å². The van der Waals surface area contributed by atoms with Gasteiger partial charge in [-0.3, -0.25) is 4.98 Å². The molecule has 0 amide bonds. The molecule has 0 aliphatic rings. The standard InChI is InChI=1S/C26H16Cl2N4O/c1-33-19-4-2-15-8-16(12-30-25(15)11-19)17-9-22-23(14-32-26(22)31-13-17)20(6-7-29)21-5-3-18(27)10-24(21)28/h2-6,8-14H,1H3,(H,31,32)/b20-6+. The molecule has 5 nitrogen and oxygen atoms in total. The number of aromatic nitrogens is 3. The van der Waals surface area contributed by atoms with Crippen molar-refractivity contribution in [3.8, 4) is 22.9 Å². The number of nitrogens with one attached hydrogen (secondary N) is 1. The molecule has 33 heavy (non-hydrogen) atoms. The summed E-state index contributed by atoms with van der Waals surface area (Å²) >= 11 is 12.5. The molecule has 3 aromatic heterocycles. The lowest BCUT2D eigenvalue weighted by Crippen LogP contribution is -1.90. The van der Waals surface area contributed by atoms with Crippen molar-refractivity contribution >= 4 is 50.7 Å². The number of rotatable bonds is 4. The molecule has 0 fully saturated rings. The molecule has 7 heteroatoms. The zero-order chi connectivity index (χ0) is 22.9. The quantitative estimate of drug-likeness (QED) is 0.285. The Kier molecular flexibility index (Phi) is 5.47. The van der Waals surface area contributed by atoms with E-state index in [0.29, 0.717) is 21.3 Å². The fourth-order valence-corrected chi connectivity index (χ4v) is 4.35. The number of methoxy groups -OCH3 is 1. The number of ether oxygens (including phenoxy) is 1. The van der Waals surface area contributed by atoms with Crippen LogP contribution in [0.5, 0.6) is 5.75 Å². The van der Waals surface area contributed by atoms with Gasteiger partial charge in [0, 0.05) is 79.4 Å². The van der Waals surface area contributed by atoms with Crippen molar-refractivity contribution < 1.29 is 4.74 Å². The van der Waals surface area contributed by atoms with Crippen LogP contribution in [0.25, 0.3) is 38.6 Å². The number of pyridine rings is 2. The lowest BCUT2D eigenvalue weighted by molar-refractivity contribution is 0.415. The highest BCUT2D eigenvalue weighted by Gasteiger charge is 2.16. The van der Waals surface area contributed by atoms with Gasteiger partial charge in [-0.1, -0.05) is 29.3 Å². The van der Waals surface area contributed by atoms with E-state index in [2.05, 4.69) is 27.1 Å². The van der Waals surface area contributed by atoms with Crippen LogP contribution in [0.4, 0.5) is 0 Å². The molecule has 0 saturated heterocycles. The third-order valence-electron chi connectivity index (χ3n) is 5.48. The molecular formula is C26H16Cl2N4O. The number of hydrogen-bond acceptors (Lipinski definition) is 4. The van der Waals surface area contributed by atoms with E-state index < -0.39 is 0 Å². The highest BCUT2D eigenvalue weighted by atomic mass is 35.5. The maximum atomic E-state index is 9.45. The number of hydrogen-bond donors (Lipinski definition) is 1. The Hall–Kier alpha value is -3.85. The number of nitriles is 1. The zero-order valence-electron chi connectivity index (χ0n) is 17.4. The number of H-pyrrole nitrogens is 1. The average Bonchev–Trinajstić information content (AvgIpc) is 3.25. The highest BCUT2D eigenvalue weighted by Crippen LogP contribution is 2.36. The summed E-state index contributed by atoms with van der Waals surface area (Å²) in [6.45, 7) is 0. The van der Waals surface area contributed by atoms with E-state index in [9.17, 15) is 5.26 Å². The molecule has 0 aliphatic heterocycles. The Balaban J connectivity index is 1.64. The number of benzene rings is 2. The largest absolute Gasteiger partial charge is 0.497 e. The summed E-state index contributed by atoms with van der Waals surface area (Å²) in [5.74, 6) is 0.764. The van der Waals surface area contributed by atoms with Gasteiger partial charge >= 0.3 is 0 Å². The van der Waals surface area contributed by atoms with Gasteiger partial charge in [0.2, 0.25) is 0 Å². The summed E-state index contributed by atoms with van der Waals surface area (Å²) in [5.41, 5.74) is 5.64. The van der Waals surface area contributed by atoms with Crippen LogP contribution in [-0.4, -0.2) is 22.1 Å². The Morgan fingerprint density at radius 1 is 1.00 bits per heavy atom. The lowest BCUT2D eigenvalue weighted by Gasteiger charge is -2.09. The first-order valence-electron chi connectivity index (χ1n) is 10.0. The zero-order valence-corrected chi connectivity index (χ0v) is 18.9.